The lowest BCUT2D eigenvalue weighted by Gasteiger charge is -2.60. The lowest BCUT2D eigenvalue weighted by Crippen LogP contribution is -2.56. The molecule has 4 fully saturated rings. The Morgan fingerprint density at radius 3 is 1.96 bits per heavy atom. The predicted octanol–water partition coefficient (Wildman–Crippen LogP) is 4.62. The van der Waals surface area contributed by atoms with Gasteiger partial charge >= 0.3 is 5.97 Å². The molecule has 1 aromatic carbocycles. The van der Waals surface area contributed by atoms with Gasteiger partial charge in [-0.1, -0.05) is 0 Å². The molecule has 6 heteroatoms. The van der Waals surface area contributed by atoms with Crippen LogP contribution in [0.15, 0.2) is 12.1 Å². The number of ether oxygens (including phenoxy) is 3. The van der Waals surface area contributed by atoms with Crippen LogP contribution < -0.4 is 14.2 Å². The summed E-state index contributed by atoms with van der Waals surface area (Å²) in [5, 5.41) is 9.75. The molecule has 5 nitrogen and oxygen atoms in total. The van der Waals surface area contributed by atoms with Gasteiger partial charge in [-0.3, -0.25) is 4.79 Å². The third-order valence-electron chi connectivity index (χ3n) is 7.25. The highest BCUT2D eigenvalue weighted by atomic mass is 32.2. The number of aliphatic carboxylic acids is 1. The number of carbonyl (C=O) groups is 1. The average molecular weight is 407 g/mol. The van der Waals surface area contributed by atoms with Crippen molar-refractivity contribution in [2.45, 2.75) is 49.0 Å². The van der Waals surface area contributed by atoms with Crippen LogP contribution in [0.4, 0.5) is 0 Å². The highest BCUT2D eigenvalue weighted by Gasteiger charge is 2.58. The number of carboxylic acid groups (broad SMARTS) is 1. The summed E-state index contributed by atoms with van der Waals surface area (Å²) in [6, 6.07) is 3.75. The Labute approximate surface area is 171 Å². The fraction of sp³-hybridized carbons (Fsp3) is 0.682. The third kappa shape index (κ3) is 3.34. The van der Waals surface area contributed by atoms with Crippen molar-refractivity contribution in [2.75, 3.05) is 21.3 Å². The van der Waals surface area contributed by atoms with Gasteiger partial charge in [0.1, 0.15) is 17.2 Å². The molecule has 1 N–H and O–H groups in total. The fourth-order valence-electron chi connectivity index (χ4n) is 6.22. The molecule has 0 atom stereocenters. The molecule has 4 saturated carbocycles. The van der Waals surface area contributed by atoms with Crippen molar-refractivity contribution in [1.82, 2.24) is 0 Å². The second-order valence-corrected chi connectivity index (χ2v) is 9.97. The summed E-state index contributed by atoms with van der Waals surface area (Å²) >= 11 is 1.83. The van der Waals surface area contributed by atoms with Gasteiger partial charge in [0.25, 0.3) is 0 Å². The highest BCUT2D eigenvalue weighted by Crippen LogP contribution is 2.64. The van der Waals surface area contributed by atoms with Crippen LogP contribution in [0.1, 0.15) is 44.1 Å². The Bertz CT molecular complexity index is 693. The van der Waals surface area contributed by atoms with Crippen molar-refractivity contribution >= 4 is 17.7 Å². The summed E-state index contributed by atoms with van der Waals surface area (Å²) in [7, 11) is 4.93. The number of hydrogen-bond acceptors (Lipinski definition) is 5. The van der Waals surface area contributed by atoms with E-state index in [0.717, 1.165) is 28.9 Å². The van der Waals surface area contributed by atoms with Gasteiger partial charge in [-0.25, -0.2) is 0 Å². The molecule has 0 aromatic heterocycles. The number of hydrogen-bond donors (Lipinski definition) is 1. The van der Waals surface area contributed by atoms with E-state index in [2.05, 4.69) is 0 Å². The number of benzene rings is 1. The maximum Gasteiger partial charge on any atom is 0.304 e. The monoisotopic (exact) mass is 406 g/mol. The quantitative estimate of drug-likeness (QED) is 0.680. The van der Waals surface area contributed by atoms with Gasteiger partial charge in [0.2, 0.25) is 0 Å². The zero-order valence-electron chi connectivity index (χ0n) is 16.9. The van der Waals surface area contributed by atoms with Crippen LogP contribution in [-0.4, -0.2) is 37.2 Å². The molecule has 0 saturated heterocycles. The van der Waals surface area contributed by atoms with E-state index in [1.807, 2.05) is 23.9 Å². The lowest BCUT2D eigenvalue weighted by atomic mass is 9.51. The summed E-state index contributed by atoms with van der Waals surface area (Å²) in [5.74, 6) is 4.83. The molecule has 28 heavy (non-hydrogen) atoms. The predicted molar refractivity (Wildman–Crippen MR) is 109 cm³/mol. The molecule has 5 rings (SSSR count). The van der Waals surface area contributed by atoms with E-state index in [-0.39, 0.29) is 11.2 Å². The Morgan fingerprint density at radius 1 is 1.00 bits per heavy atom. The number of carboxylic acids is 1. The molecule has 0 aliphatic heterocycles. The van der Waals surface area contributed by atoms with E-state index in [1.54, 1.807) is 21.3 Å². The SMILES string of the molecule is COc1cc(OC)c(CSC2(CC(=O)O)C3CC4CC(C3)CC2C4)c(OC)c1. The first-order chi connectivity index (χ1) is 13.5. The maximum absolute atomic E-state index is 11.9. The average Bonchev–Trinajstić information content (AvgIpc) is 2.68. The second-order valence-electron chi connectivity index (χ2n) is 8.63. The van der Waals surface area contributed by atoms with Crippen molar-refractivity contribution in [3.8, 4) is 17.2 Å². The van der Waals surface area contributed by atoms with E-state index in [9.17, 15) is 9.90 Å². The normalized spacial score (nSPS) is 33.0. The minimum Gasteiger partial charge on any atom is -0.496 e. The second kappa shape index (κ2) is 7.69. The molecule has 0 amide bonds. The zero-order valence-corrected chi connectivity index (χ0v) is 17.7. The lowest BCUT2D eigenvalue weighted by molar-refractivity contribution is -0.140. The van der Waals surface area contributed by atoms with Crippen molar-refractivity contribution in [3.05, 3.63) is 17.7 Å². The van der Waals surface area contributed by atoms with E-state index in [1.165, 1.54) is 32.1 Å². The molecule has 154 valence electrons. The molecule has 0 unspecified atom stereocenters. The van der Waals surface area contributed by atoms with Crippen LogP contribution >= 0.6 is 11.8 Å². The van der Waals surface area contributed by atoms with Gasteiger partial charge in [0, 0.05) is 28.2 Å². The van der Waals surface area contributed by atoms with Gasteiger partial charge in [-0.2, -0.15) is 0 Å². The fourth-order valence-corrected chi connectivity index (χ4v) is 8.00. The van der Waals surface area contributed by atoms with Crippen molar-refractivity contribution in [3.63, 3.8) is 0 Å². The molecule has 0 spiro atoms. The molecular weight excluding hydrogens is 376 g/mol. The van der Waals surface area contributed by atoms with Gasteiger partial charge < -0.3 is 19.3 Å². The molecule has 4 aliphatic carbocycles. The van der Waals surface area contributed by atoms with E-state index >= 15 is 0 Å². The van der Waals surface area contributed by atoms with Gasteiger partial charge in [-0.15, -0.1) is 11.8 Å². The standard InChI is InChI=1S/C22H30O5S/c1-25-17-9-19(26-2)18(20(10-17)27-3)12-28-22(11-21(23)24)15-5-13-4-14(7-15)8-16(22)6-13/h9-10,13-16H,4-8,11-12H2,1-3H3,(H,23,24). The van der Waals surface area contributed by atoms with Crippen LogP contribution in [0.25, 0.3) is 0 Å². The number of methoxy groups -OCH3 is 3. The van der Waals surface area contributed by atoms with Crippen molar-refractivity contribution in [1.29, 1.82) is 0 Å². The first-order valence-corrected chi connectivity index (χ1v) is 11.1. The number of rotatable bonds is 8. The topological polar surface area (TPSA) is 65.0 Å². The van der Waals surface area contributed by atoms with Gasteiger partial charge in [0.05, 0.1) is 27.8 Å². The molecule has 0 radical (unpaired) electrons. The Morgan fingerprint density at radius 2 is 1.54 bits per heavy atom. The molecular formula is C22H30O5S. The molecule has 0 heterocycles. The van der Waals surface area contributed by atoms with Crippen LogP contribution in [0.3, 0.4) is 0 Å². The van der Waals surface area contributed by atoms with E-state index in [4.69, 9.17) is 14.2 Å². The summed E-state index contributed by atoms with van der Waals surface area (Å²) in [6.45, 7) is 0. The Kier molecular flexibility index (Phi) is 5.43. The van der Waals surface area contributed by atoms with Gasteiger partial charge in [0.15, 0.2) is 0 Å². The van der Waals surface area contributed by atoms with Crippen LogP contribution in [0, 0.1) is 23.7 Å². The zero-order chi connectivity index (χ0) is 19.9. The highest BCUT2D eigenvalue weighted by molar-refractivity contribution is 8.00. The Balaban J connectivity index is 1.64. The van der Waals surface area contributed by atoms with Gasteiger partial charge in [-0.05, 0) is 55.8 Å². The summed E-state index contributed by atoms with van der Waals surface area (Å²) in [5.41, 5.74) is 0.981. The number of thioether (sulfide) groups is 1. The van der Waals surface area contributed by atoms with Crippen molar-refractivity contribution in [2.24, 2.45) is 23.7 Å². The molecule has 1 aromatic rings. The summed E-state index contributed by atoms with van der Waals surface area (Å²) in [4.78, 5) is 11.9. The molecule has 4 bridgehead atoms. The Hall–Kier alpha value is -1.56. The molecule has 4 aliphatic rings. The first-order valence-electron chi connectivity index (χ1n) is 10.1. The van der Waals surface area contributed by atoms with E-state index < -0.39 is 5.97 Å². The first kappa shape index (κ1) is 19.7. The smallest absolute Gasteiger partial charge is 0.304 e. The largest absolute Gasteiger partial charge is 0.496 e. The maximum atomic E-state index is 11.9. The minimum atomic E-state index is -0.673. The van der Waals surface area contributed by atoms with Crippen LogP contribution in [0.5, 0.6) is 17.2 Å². The summed E-state index contributed by atoms with van der Waals surface area (Å²) < 4.78 is 16.4. The minimum absolute atomic E-state index is 0.171. The van der Waals surface area contributed by atoms with E-state index in [0.29, 0.717) is 23.3 Å². The third-order valence-corrected chi connectivity index (χ3v) is 9.03. The van der Waals surface area contributed by atoms with Crippen molar-refractivity contribution < 1.29 is 24.1 Å². The summed E-state index contributed by atoms with van der Waals surface area (Å²) in [6.07, 6.45) is 6.41. The van der Waals surface area contributed by atoms with Crippen LogP contribution in [-0.2, 0) is 10.5 Å². The van der Waals surface area contributed by atoms with Crippen LogP contribution in [0.2, 0.25) is 0 Å².